The SMILES string of the molecule is CC(=O)Nc1nc(C)c(-c2csc(NCCC(=O)O)n2)s1. The molecule has 3 N–H and O–H groups in total. The Balaban J connectivity index is 2.08. The quantitative estimate of drug-likeness (QED) is 0.753. The van der Waals surface area contributed by atoms with Crippen molar-refractivity contribution in [3.05, 3.63) is 11.1 Å². The smallest absolute Gasteiger partial charge is 0.305 e. The Morgan fingerprint density at radius 1 is 1.33 bits per heavy atom. The van der Waals surface area contributed by atoms with Gasteiger partial charge in [-0.15, -0.1) is 11.3 Å². The van der Waals surface area contributed by atoms with Crippen molar-refractivity contribution in [3.8, 4) is 10.6 Å². The molecule has 0 aliphatic carbocycles. The lowest BCUT2D eigenvalue weighted by Gasteiger charge is -1.98. The van der Waals surface area contributed by atoms with Gasteiger partial charge in [-0.2, -0.15) is 0 Å². The first-order valence-electron chi connectivity index (χ1n) is 6.12. The fourth-order valence-electron chi connectivity index (χ4n) is 1.57. The number of aryl methyl sites for hydroxylation is 1. The molecule has 0 saturated carbocycles. The maximum atomic E-state index is 11.0. The van der Waals surface area contributed by atoms with Crippen LogP contribution in [-0.2, 0) is 9.59 Å². The molecule has 7 nitrogen and oxygen atoms in total. The third-order valence-electron chi connectivity index (χ3n) is 2.43. The second kappa shape index (κ2) is 6.64. The first-order valence-corrected chi connectivity index (χ1v) is 7.82. The molecule has 9 heteroatoms. The van der Waals surface area contributed by atoms with Gasteiger partial charge in [-0.3, -0.25) is 9.59 Å². The molecule has 0 fully saturated rings. The number of nitrogens with zero attached hydrogens (tertiary/aromatic N) is 2. The number of thiazole rings is 2. The van der Waals surface area contributed by atoms with E-state index in [1.54, 1.807) is 0 Å². The largest absolute Gasteiger partial charge is 0.481 e. The van der Waals surface area contributed by atoms with Gasteiger partial charge in [0.1, 0.15) is 0 Å². The molecule has 0 aliphatic rings. The standard InChI is InChI=1S/C12H14N4O3S2/c1-6-10(21-12(14-6)15-7(2)17)8-5-20-11(16-8)13-4-3-9(18)19/h5H,3-4H2,1-2H3,(H,13,16)(H,18,19)(H,14,15,17). The molecule has 0 atom stereocenters. The van der Waals surface area contributed by atoms with Crippen LogP contribution in [0.1, 0.15) is 19.0 Å². The van der Waals surface area contributed by atoms with Crippen molar-refractivity contribution in [3.63, 3.8) is 0 Å². The zero-order valence-corrected chi connectivity index (χ0v) is 13.1. The van der Waals surface area contributed by atoms with E-state index in [9.17, 15) is 9.59 Å². The summed E-state index contributed by atoms with van der Waals surface area (Å²) in [6.07, 6.45) is 0.0428. The summed E-state index contributed by atoms with van der Waals surface area (Å²) in [5.74, 6) is -1.01. The van der Waals surface area contributed by atoms with Crippen molar-refractivity contribution in [2.24, 2.45) is 0 Å². The number of nitrogens with one attached hydrogen (secondary N) is 2. The van der Waals surface area contributed by atoms with Crippen molar-refractivity contribution < 1.29 is 14.7 Å². The first kappa shape index (κ1) is 15.4. The van der Waals surface area contributed by atoms with E-state index < -0.39 is 5.97 Å². The molecular weight excluding hydrogens is 312 g/mol. The van der Waals surface area contributed by atoms with Crippen LogP contribution in [0.5, 0.6) is 0 Å². The molecule has 112 valence electrons. The van der Waals surface area contributed by atoms with Crippen molar-refractivity contribution in [2.45, 2.75) is 20.3 Å². The summed E-state index contributed by atoms with van der Waals surface area (Å²) in [6, 6.07) is 0. The van der Waals surface area contributed by atoms with Crippen LogP contribution in [0.3, 0.4) is 0 Å². The lowest BCUT2D eigenvalue weighted by molar-refractivity contribution is -0.136. The average Bonchev–Trinajstić information content (AvgIpc) is 2.95. The number of anilines is 2. The van der Waals surface area contributed by atoms with E-state index in [1.807, 2.05) is 12.3 Å². The highest BCUT2D eigenvalue weighted by Crippen LogP contribution is 2.34. The van der Waals surface area contributed by atoms with Gasteiger partial charge in [0.25, 0.3) is 0 Å². The van der Waals surface area contributed by atoms with Gasteiger partial charge in [-0.1, -0.05) is 11.3 Å². The fourth-order valence-corrected chi connectivity index (χ4v) is 3.35. The number of amides is 1. The van der Waals surface area contributed by atoms with Gasteiger partial charge in [0.05, 0.1) is 22.7 Å². The van der Waals surface area contributed by atoms with Gasteiger partial charge in [-0.25, -0.2) is 9.97 Å². The van der Waals surface area contributed by atoms with Crippen LogP contribution >= 0.6 is 22.7 Å². The lowest BCUT2D eigenvalue weighted by Crippen LogP contribution is -2.07. The van der Waals surface area contributed by atoms with E-state index in [1.165, 1.54) is 29.6 Å². The van der Waals surface area contributed by atoms with Crippen molar-refractivity contribution in [1.82, 2.24) is 9.97 Å². The molecule has 0 aliphatic heterocycles. The maximum absolute atomic E-state index is 11.0. The van der Waals surface area contributed by atoms with E-state index in [0.717, 1.165) is 16.3 Å². The van der Waals surface area contributed by atoms with E-state index in [2.05, 4.69) is 20.6 Å². The highest BCUT2D eigenvalue weighted by atomic mass is 32.1. The minimum atomic E-state index is -0.850. The average molecular weight is 326 g/mol. The lowest BCUT2D eigenvalue weighted by atomic mass is 10.3. The molecule has 0 saturated heterocycles. The monoisotopic (exact) mass is 326 g/mol. The predicted octanol–water partition coefficient (Wildman–Crippen LogP) is 2.42. The van der Waals surface area contributed by atoms with E-state index in [4.69, 9.17) is 5.11 Å². The zero-order valence-electron chi connectivity index (χ0n) is 11.5. The van der Waals surface area contributed by atoms with Gasteiger partial charge < -0.3 is 15.7 Å². The van der Waals surface area contributed by atoms with Gasteiger partial charge in [0, 0.05) is 18.8 Å². The first-order chi connectivity index (χ1) is 9.95. The van der Waals surface area contributed by atoms with Gasteiger partial charge in [-0.05, 0) is 6.92 Å². The summed E-state index contributed by atoms with van der Waals surface area (Å²) in [7, 11) is 0. The van der Waals surface area contributed by atoms with Crippen LogP contribution in [0.25, 0.3) is 10.6 Å². The minimum Gasteiger partial charge on any atom is -0.481 e. The molecule has 0 unspecified atom stereocenters. The molecule has 0 radical (unpaired) electrons. The topological polar surface area (TPSA) is 104 Å². The number of carboxylic acid groups (broad SMARTS) is 1. The summed E-state index contributed by atoms with van der Waals surface area (Å²) in [5, 5.41) is 17.3. The molecule has 21 heavy (non-hydrogen) atoms. The highest BCUT2D eigenvalue weighted by molar-refractivity contribution is 7.19. The van der Waals surface area contributed by atoms with E-state index in [0.29, 0.717) is 16.8 Å². The molecule has 0 aromatic carbocycles. The Labute approximate surface area is 129 Å². The van der Waals surface area contributed by atoms with Crippen LogP contribution in [0, 0.1) is 6.92 Å². The number of hydrogen-bond acceptors (Lipinski definition) is 7. The number of hydrogen-bond donors (Lipinski definition) is 3. The Morgan fingerprint density at radius 3 is 2.76 bits per heavy atom. The Hall–Kier alpha value is -2.00. The molecule has 2 heterocycles. The van der Waals surface area contributed by atoms with Crippen LogP contribution in [-0.4, -0.2) is 33.5 Å². The second-order valence-corrected chi connectivity index (χ2v) is 6.08. The Bertz CT molecular complexity index is 665. The number of aromatic nitrogens is 2. The number of rotatable bonds is 6. The molecule has 2 aromatic rings. The Morgan fingerprint density at radius 2 is 2.10 bits per heavy atom. The van der Waals surface area contributed by atoms with Crippen LogP contribution in [0.2, 0.25) is 0 Å². The minimum absolute atomic E-state index is 0.0428. The summed E-state index contributed by atoms with van der Waals surface area (Å²) in [5.41, 5.74) is 1.57. The number of carbonyl (C=O) groups excluding carboxylic acids is 1. The summed E-state index contributed by atoms with van der Waals surface area (Å²) in [4.78, 5) is 31.1. The number of carbonyl (C=O) groups is 2. The van der Waals surface area contributed by atoms with E-state index >= 15 is 0 Å². The third-order valence-corrected chi connectivity index (χ3v) is 4.33. The molecule has 2 aromatic heterocycles. The molecular formula is C12H14N4O3S2. The number of aliphatic carboxylic acids is 1. The van der Waals surface area contributed by atoms with Crippen LogP contribution in [0.4, 0.5) is 10.3 Å². The van der Waals surface area contributed by atoms with Crippen molar-refractivity contribution in [2.75, 3.05) is 17.2 Å². The number of carboxylic acids is 1. The molecule has 0 bridgehead atoms. The van der Waals surface area contributed by atoms with Gasteiger partial charge in [0.15, 0.2) is 10.3 Å². The Kier molecular flexibility index (Phi) is 4.86. The van der Waals surface area contributed by atoms with Crippen LogP contribution in [0.15, 0.2) is 5.38 Å². The molecule has 1 amide bonds. The highest BCUT2D eigenvalue weighted by Gasteiger charge is 2.13. The van der Waals surface area contributed by atoms with Gasteiger partial charge >= 0.3 is 5.97 Å². The third kappa shape index (κ3) is 4.23. The predicted molar refractivity (Wildman–Crippen MR) is 83.0 cm³/mol. The summed E-state index contributed by atoms with van der Waals surface area (Å²) < 4.78 is 0. The molecule has 2 rings (SSSR count). The van der Waals surface area contributed by atoms with Crippen molar-refractivity contribution in [1.29, 1.82) is 0 Å². The van der Waals surface area contributed by atoms with Gasteiger partial charge in [0.2, 0.25) is 5.91 Å². The van der Waals surface area contributed by atoms with Crippen LogP contribution < -0.4 is 10.6 Å². The van der Waals surface area contributed by atoms with E-state index in [-0.39, 0.29) is 12.3 Å². The zero-order chi connectivity index (χ0) is 15.4. The normalized spacial score (nSPS) is 10.4. The molecule has 0 spiro atoms. The second-order valence-electron chi connectivity index (χ2n) is 4.22. The van der Waals surface area contributed by atoms with Crippen molar-refractivity contribution >= 4 is 44.8 Å². The fraction of sp³-hybridized carbons (Fsp3) is 0.333. The maximum Gasteiger partial charge on any atom is 0.305 e. The summed E-state index contributed by atoms with van der Waals surface area (Å²) in [6.45, 7) is 3.62. The summed E-state index contributed by atoms with van der Waals surface area (Å²) >= 11 is 2.77.